The van der Waals surface area contributed by atoms with E-state index in [2.05, 4.69) is 0 Å². The molecule has 7 nitrogen and oxygen atoms in total. The predicted molar refractivity (Wildman–Crippen MR) is 99.7 cm³/mol. The molecule has 0 amide bonds. The molecule has 1 N–H and O–H groups in total. The molecule has 0 spiro atoms. The van der Waals surface area contributed by atoms with Crippen LogP contribution < -0.4 is 9.04 Å². The number of carboxylic acid groups (broad SMARTS) is 1. The van der Waals surface area contributed by atoms with Crippen molar-refractivity contribution in [2.45, 2.75) is 23.8 Å². The molecule has 1 unspecified atom stereocenters. The van der Waals surface area contributed by atoms with Crippen molar-refractivity contribution < 1.29 is 27.8 Å². The van der Waals surface area contributed by atoms with Crippen LogP contribution in [0.1, 0.15) is 23.5 Å². The van der Waals surface area contributed by atoms with Gasteiger partial charge in [0.1, 0.15) is 10.6 Å². The first-order valence-corrected chi connectivity index (χ1v) is 9.84. The van der Waals surface area contributed by atoms with Gasteiger partial charge in [0.25, 0.3) is 10.0 Å². The number of nitrogens with zero attached hydrogens (tertiary/aromatic N) is 1. The van der Waals surface area contributed by atoms with Crippen LogP contribution in [0.3, 0.4) is 0 Å². The summed E-state index contributed by atoms with van der Waals surface area (Å²) in [5, 5.41) is 9.47. The van der Waals surface area contributed by atoms with E-state index in [0.717, 1.165) is 0 Å². The Bertz CT molecular complexity index is 956. The van der Waals surface area contributed by atoms with Crippen molar-refractivity contribution in [1.82, 2.24) is 0 Å². The quantitative estimate of drug-likeness (QED) is 0.814. The van der Waals surface area contributed by atoms with Crippen molar-refractivity contribution in [3.8, 4) is 5.75 Å². The highest BCUT2D eigenvalue weighted by Gasteiger charge is 2.37. The minimum Gasteiger partial charge on any atom is -0.495 e. The minimum atomic E-state index is -3.95. The number of para-hydroxylation sites is 1. The number of hydrogen-bond acceptors (Lipinski definition) is 5. The van der Waals surface area contributed by atoms with Crippen LogP contribution >= 0.6 is 0 Å². The second-order valence-electron chi connectivity index (χ2n) is 6.23. The first-order chi connectivity index (χ1) is 12.9. The molecule has 0 aliphatic carbocycles. The van der Waals surface area contributed by atoms with Crippen LogP contribution in [0.25, 0.3) is 0 Å². The van der Waals surface area contributed by atoms with Crippen LogP contribution in [0, 0.1) is 0 Å². The summed E-state index contributed by atoms with van der Waals surface area (Å²) in [6.45, 7) is 0.345. The normalized spacial score (nSPS) is 16.7. The first-order valence-electron chi connectivity index (χ1n) is 8.40. The second-order valence-corrected chi connectivity index (χ2v) is 8.06. The van der Waals surface area contributed by atoms with Gasteiger partial charge in [-0.1, -0.05) is 24.3 Å². The zero-order chi connectivity index (χ0) is 19.6. The monoisotopic (exact) mass is 391 g/mol. The number of carbonyl (C=O) groups is 1. The van der Waals surface area contributed by atoms with Gasteiger partial charge in [-0.05, 0) is 35.7 Å². The summed E-state index contributed by atoms with van der Waals surface area (Å²) in [5.74, 6) is -1.46. The van der Waals surface area contributed by atoms with Crippen molar-refractivity contribution in [3.63, 3.8) is 0 Å². The molecular formula is C19H21NO6S. The third-order valence-corrected chi connectivity index (χ3v) is 6.44. The molecule has 3 rings (SSSR count). The third-order valence-electron chi connectivity index (χ3n) is 4.61. The standard InChI is InChI=1S/C19H21NO6S/c1-25-12-13-7-8-17(26-2)18(11-13)27(23,24)20-10-9-15(19(21)22)14-5-3-4-6-16(14)20/h3-8,11,15H,9-10,12H2,1-2H3,(H,21,22). The Morgan fingerprint density at radius 3 is 2.63 bits per heavy atom. The molecule has 27 heavy (non-hydrogen) atoms. The smallest absolute Gasteiger partial charge is 0.311 e. The minimum absolute atomic E-state index is 0.0307. The summed E-state index contributed by atoms with van der Waals surface area (Å²) in [6.07, 6.45) is 0.200. The fourth-order valence-corrected chi connectivity index (χ4v) is 5.05. The van der Waals surface area contributed by atoms with Gasteiger partial charge in [0, 0.05) is 13.7 Å². The lowest BCUT2D eigenvalue weighted by atomic mass is 9.91. The lowest BCUT2D eigenvalue weighted by Gasteiger charge is -2.33. The highest BCUT2D eigenvalue weighted by atomic mass is 32.2. The molecule has 1 atom stereocenters. The average molecular weight is 391 g/mol. The molecule has 1 aliphatic heterocycles. The van der Waals surface area contributed by atoms with Gasteiger partial charge >= 0.3 is 5.97 Å². The molecule has 0 saturated carbocycles. The summed E-state index contributed by atoms with van der Waals surface area (Å²) in [5.41, 5.74) is 1.58. The number of sulfonamides is 1. The summed E-state index contributed by atoms with van der Waals surface area (Å²) in [4.78, 5) is 11.6. The molecule has 1 aliphatic rings. The Labute approximate surface area is 158 Å². The van der Waals surface area contributed by atoms with Crippen molar-refractivity contribution in [3.05, 3.63) is 53.6 Å². The van der Waals surface area contributed by atoms with E-state index >= 15 is 0 Å². The number of carboxylic acids is 1. The lowest BCUT2D eigenvalue weighted by molar-refractivity contribution is -0.139. The zero-order valence-corrected chi connectivity index (χ0v) is 15.9. The van der Waals surface area contributed by atoms with Crippen LogP contribution in [0.2, 0.25) is 0 Å². The van der Waals surface area contributed by atoms with Gasteiger partial charge in [-0.2, -0.15) is 0 Å². The summed E-state index contributed by atoms with van der Waals surface area (Å²) < 4.78 is 38.5. The molecule has 0 radical (unpaired) electrons. The summed E-state index contributed by atoms with van der Waals surface area (Å²) in [6, 6.07) is 11.6. The number of fused-ring (bicyclic) bond motifs is 1. The van der Waals surface area contributed by atoms with Gasteiger partial charge < -0.3 is 14.6 Å². The van der Waals surface area contributed by atoms with Gasteiger partial charge in [0.15, 0.2) is 0 Å². The Morgan fingerprint density at radius 2 is 1.96 bits per heavy atom. The molecule has 8 heteroatoms. The number of aliphatic carboxylic acids is 1. The number of anilines is 1. The SMILES string of the molecule is COCc1ccc(OC)c(S(=O)(=O)N2CCC(C(=O)O)c3ccccc32)c1. The van der Waals surface area contributed by atoms with E-state index in [4.69, 9.17) is 9.47 Å². The van der Waals surface area contributed by atoms with Crippen molar-refractivity contribution in [1.29, 1.82) is 0 Å². The van der Waals surface area contributed by atoms with E-state index in [1.54, 1.807) is 36.4 Å². The van der Waals surface area contributed by atoms with Crippen LogP contribution in [-0.4, -0.2) is 40.3 Å². The maximum Gasteiger partial charge on any atom is 0.311 e. The highest BCUT2D eigenvalue weighted by Crippen LogP contribution is 2.40. The Hall–Kier alpha value is -2.58. The molecule has 0 fully saturated rings. The molecule has 2 aromatic carbocycles. The number of rotatable bonds is 6. The molecule has 1 heterocycles. The Morgan fingerprint density at radius 1 is 1.22 bits per heavy atom. The van der Waals surface area contributed by atoms with Gasteiger partial charge in [-0.25, -0.2) is 8.42 Å². The fraction of sp³-hybridized carbons (Fsp3) is 0.316. The molecule has 0 saturated heterocycles. The Balaban J connectivity index is 2.12. The van der Waals surface area contributed by atoms with Crippen molar-refractivity contribution in [2.24, 2.45) is 0 Å². The van der Waals surface area contributed by atoms with Gasteiger partial charge in [0.05, 0.1) is 25.3 Å². The van der Waals surface area contributed by atoms with E-state index < -0.39 is 21.9 Å². The Kier molecular flexibility index (Phi) is 5.38. The van der Waals surface area contributed by atoms with Gasteiger partial charge in [-0.3, -0.25) is 9.10 Å². The second kappa shape index (κ2) is 7.58. The van der Waals surface area contributed by atoms with Gasteiger partial charge in [0.2, 0.25) is 0 Å². The van der Waals surface area contributed by atoms with E-state index in [1.807, 2.05) is 0 Å². The number of benzene rings is 2. The van der Waals surface area contributed by atoms with E-state index in [-0.39, 0.29) is 30.2 Å². The van der Waals surface area contributed by atoms with E-state index in [1.165, 1.54) is 24.6 Å². The van der Waals surface area contributed by atoms with E-state index in [0.29, 0.717) is 16.8 Å². The molecule has 0 aromatic heterocycles. The molecule has 0 bridgehead atoms. The molecular weight excluding hydrogens is 370 g/mol. The first kappa shape index (κ1) is 19.2. The van der Waals surface area contributed by atoms with Crippen molar-refractivity contribution in [2.75, 3.05) is 25.1 Å². The fourth-order valence-electron chi connectivity index (χ4n) is 3.34. The molecule has 144 valence electrons. The van der Waals surface area contributed by atoms with Crippen LogP contribution in [-0.2, 0) is 26.2 Å². The number of ether oxygens (including phenoxy) is 2. The van der Waals surface area contributed by atoms with Crippen molar-refractivity contribution >= 4 is 21.7 Å². The maximum absolute atomic E-state index is 13.4. The summed E-state index contributed by atoms with van der Waals surface area (Å²) >= 11 is 0. The van der Waals surface area contributed by atoms with Gasteiger partial charge in [-0.15, -0.1) is 0 Å². The highest BCUT2D eigenvalue weighted by molar-refractivity contribution is 7.93. The zero-order valence-electron chi connectivity index (χ0n) is 15.1. The number of methoxy groups -OCH3 is 2. The summed E-state index contributed by atoms with van der Waals surface area (Å²) in [7, 11) is -1.00. The topological polar surface area (TPSA) is 93.1 Å². The van der Waals surface area contributed by atoms with Crippen LogP contribution in [0.15, 0.2) is 47.4 Å². The lowest BCUT2D eigenvalue weighted by Crippen LogP contribution is -2.38. The predicted octanol–water partition coefficient (Wildman–Crippen LogP) is 2.61. The maximum atomic E-state index is 13.4. The third kappa shape index (κ3) is 3.50. The average Bonchev–Trinajstić information content (AvgIpc) is 2.67. The van der Waals surface area contributed by atoms with Crippen LogP contribution in [0.4, 0.5) is 5.69 Å². The largest absolute Gasteiger partial charge is 0.495 e. The van der Waals surface area contributed by atoms with E-state index in [9.17, 15) is 18.3 Å². The number of hydrogen-bond donors (Lipinski definition) is 1. The van der Waals surface area contributed by atoms with Crippen LogP contribution in [0.5, 0.6) is 5.75 Å². The molecule has 2 aromatic rings.